The van der Waals surface area contributed by atoms with E-state index < -0.39 is 4.92 Å². The highest BCUT2D eigenvalue weighted by Gasteiger charge is 2.24. The van der Waals surface area contributed by atoms with Crippen molar-refractivity contribution in [2.75, 3.05) is 5.32 Å². The average molecular weight is 294 g/mol. The standard InChI is InChI=1S/C15H10N4O3/c20-13-7-10-9-6-8(19(21)22)3-4-11(9)18-14(10)15-12(17-13)2-1-5-16-15/h1-6,18H,7H2,(H,17,20). The zero-order chi connectivity index (χ0) is 15.3. The largest absolute Gasteiger partial charge is 0.353 e. The molecule has 2 N–H and O–H groups in total. The van der Waals surface area contributed by atoms with E-state index in [1.165, 1.54) is 12.1 Å². The van der Waals surface area contributed by atoms with E-state index >= 15 is 0 Å². The lowest BCUT2D eigenvalue weighted by molar-refractivity contribution is -0.384. The van der Waals surface area contributed by atoms with Crippen molar-refractivity contribution in [2.45, 2.75) is 6.42 Å². The van der Waals surface area contributed by atoms with Crippen molar-refractivity contribution in [3.8, 4) is 11.4 Å². The van der Waals surface area contributed by atoms with Crippen LogP contribution in [0.5, 0.6) is 0 Å². The van der Waals surface area contributed by atoms with E-state index in [1.54, 1.807) is 24.4 Å². The Kier molecular flexibility index (Phi) is 2.50. The Hall–Kier alpha value is -3.22. The summed E-state index contributed by atoms with van der Waals surface area (Å²) in [4.78, 5) is 30.2. The molecule has 0 aliphatic carbocycles. The third-order valence-corrected chi connectivity index (χ3v) is 3.76. The van der Waals surface area contributed by atoms with Crippen LogP contribution in [0.4, 0.5) is 11.4 Å². The number of benzene rings is 1. The number of fused-ring (bicyclic) bond motifs is 5. The number of pyridine rings is 1. The van der Waals surface area contributed by atoms with Crippen LogP contribution in [0.15, 0.2) is 36.5 Å². The van der Waals surface area contributed by atoms with Crippen molar-refractivity contribution in [3.05, 3.63) is 52.2 Å². The topological polar surface area (TPSA) is 101 Å². The van der Waals surface area contributed by atoms with E-state index in [4.69, 9.17) is 0 Å². The van der Waals surface area contributed by atoms with Gasteiger partial charge >= 0.3 is 0 Å². The van der Waals surface area contributed by atoms with E-state index in [-0.39, 0.29) is 18.0 Å². The van der Waals surface area contributed by atoms with Crippen LogP contribution in [0, 0.1) is 10.1 Å². The van der Waals surface area contributed by atoms with Gasteiger partial charge in [0.25, 0.3) is 5.69 Å². The van der Waals surface area contributed by atoms with Crippen molar-refractivity contribution in [1.82, 2.24) is 9.97 Å². The number of hydrogen-bond acceptors (Lipinski definition) is 4. The monoisotopic (exact) mass is 294 g/mol. The van der Waals surface area contributed by atoms with Gasteiger partial charge < -0.3 is 10.3 Å². The Bertz CT molecular complexity index is 945. The summed E-state index contributed by atoms with van der Waals surface area (Å²) < 4.78 is 0. The number of nitrogens with one attached hydrogen (secondary N) is 2. The van der Waals surface area contributed by atoms with E-state index in [0.29, 0.717) is 16.8 Å². The molecule has 0 unspecified atom stereocenters. The van der Waals surface area contributed by atoms with Gasteiger partial charge in [0.05, 0.1) is 22.7 Å². The smallest absolute Gasteiger partial charge is 0.270 e. The Morgan fingerprint density at radius 1 is 1.27 bits per heavy atom. The van der Waals surface area contributed by atoms with Crippen LogP contribution in [0.1, 0.15) is 5.56 Å². The van der Waals surface area contributed by atoms with Crippen molar-refractivity contribution in [2.24, 2.45) is 0 Å². The molecule has 1 aromatic carbocycles. The number of carbonyl (C=O) groups excluding carboxylic acids is 1. The zero-order valence-corrected chi connectivity index (χ0v) is 11.3. The number of anilines is 1. The molecule has 0 bridgehead atoms. The molecule has 22 heavy (non-hydrogen) atoms. The third-order valence-electron chi connectivity index (χ3n) is 3.76. The maximum absolute atomic E-state index is 12.1. The summed E-state index contributed by atoms with van der Waals surface area (Å²) in [6.07, 6.45) is 1.79. The number of aromatic amines is 1. The van der Waals surface area contributed by atoms with Crippen molar-refractivity contribution < 1.29 is 9.72 Å². The van der Waals surface area contributed by atoms with Crippen molar-refractivity contribution in [1.29, 1.82) is 0 Å². The number of nitrogens with zero attached hydrogens (tertiary/aromatic N) is 2. The lowest BCUT2D eigenvalue weighted by atomic mass is 10.1. The minimum atomic E-state index is -0.443. The van der Waals surface area contributed by atoms with Crippen LogP contribution >= 0.6 is 0 Å². The number of nitro groups is 1. The number of carbonyl (C=O) groups is 1. The predicted octanol–water partition coefficient (Wildman–Crippen LogP) is 2.63. The number of H-pyrrole nitrogens is 1. The summed E-state index contributed by atoms with van der Waals surface area (Å²) in [6, 6.07) is 8.12. The van der Waals surface area contributed by atoms with Gasteiger partial charge in [-0.1, -0.05) is 0 Å². The molecule has 3 aromatic rings. The van der Waals surface area contributed by atoms with E-state index in [9.17, 15) is 14.9 Å². The molecule has 3 heterocycles. The summed E-state index contributed by atoms with van der Waals surface area (Å²) in [7, 11) is 0. The van der Waals surface area contributed by atoms with Crippen LogP contribution in [0.2, 0.25) is 0 Å². The fourth-order valence-corrected chi connectivity index (χ4v) is 2.80. The van der Waals surface area contributed by atoms with E-state index in [1.807, 2.05) is 0 Å². The van der Waals surface area contributed by atoms with Gasteiger partial charge in [0, 0.05) is 29.2 Å². The second-order valence-electron chi connectivity index (χ2n) is 5.09. The van der Waals surface area contributed by atoms with Crippen LogP contribution < -0.4 is 5.32 Å². The van der Waals surface area contributed by atoms with Gasteiger partial charge in [0.1, 0.15) is 5.69 Å². The first-order valence-corrected chi connectivity index (χ1v) is 6.68. The van der Waals surface area contributed by atoms with Gasteiger partial charge in [-0.15, -0.1) is 0 Å². The maximum atomic E-state index is 12.1. The van der Waals surface area contributed by atoms with Crippen molar-refractivity contribution >= 4 is 28.2 Å². The molecule has 0 saturated heterocycles. The molecule has 0 saturated carbocycles. The number of hydrogen-bond donors (Lipinski definition) is 2. The van der Waals surface area contributed by atoms with E-state index in [2.05, 4.69) is 15.3 Å². The normalized spacial score (nSPS) is 13.2. The SMILES string of the molecule is O=C1Cc2c([nH]c3ccc([N+](=O)[O-])cc23)-c2ncccc2N1. The van der Waals surface area contributed by atoms with Crippen LogP contribution in [0.3, 0.4) is 0 Å². The number of amides is 1. The Labute approximate surface area is 124 Å². The molecule has 108 valence electrons. The maximum Gasteiger partial charge on any atom is 0.270 e. The number of aromatic nitrogens is 2. The molecule has 1 aliphatic rings. The summed E-state index contributed by atoms with van der Waals surface area (Å²) in [5.74, 6) is -0.166. The van der Waals surface area contributed by atoms with Gasteiger partial charge in [-0.05, 0) is 23.8 Å². The molecular weight excluding hydrogens is 284 g/mol. The van der Waals surface area contributed by atoms with Gasteiger partial charge in [-0.2, -0.15) is 0 Å². The molecule has 1 aliphatic heterocycles. The van der Waals surface area contributed by atoms with Gasteiger partial charge in [-0.3, -0.25) is 19.9 Å². The summed E-state index contributed by atoms with van der Waals surface area (Å²) in [6.45, 7) is 0. The van der Waals surface area contributed by atoms with Crippen LogP contribution in [0.25, 0.3) is 22.3 Å². The van der Waals surface area contributed by atoms with Gasteiger partial charge in [0.15, 0.2) is 0 Å². The number of rotatable bonds is 1. The minimum absolute atomic E-state index is 0.000185. The second kappa shape index (κ2) is 4.39. The first-order chi connectivity index (χ1) is 10.6. The lowest BCUT2D eigenvalue weighted by Gasteiger charge is -2.04. The Balaban J connectivity index is 2.05. The molecule has 0 radical (unpaired) electrons. The molecule has 4 rings (SSSR count). The molecule has 0 fully saturated rings. The molecule has 1 amide bonds. The molecule has 7 nitrogen and oxygen atoms in total. The highest BCUT2D eigenvalue weighted by molar-refractivity contribution is 6.04. The second-order valence-corrected chi connectivity index (χ2v) is 5.09. The quantitative estimate of drug-likeness (QED) is 0.532. The first kappa shape index (κ1) is 12.5. The van der Waals surface area contributed by atoms with Crippen molar-refractivity contribution in [3.63, 3.8) is 0 Å². The predicted molar refractivity (Wildman–Crippen MR) is 80.5 cm³/mol. The zero-order valence-electron chi connectivity index (χ0n) is 11.3. The minimum Gasteiger partial charge on any atom is -0.353 e. The molecule has 0 atom stereocenters. The van der Waals surface area contributed by atoms with Crippen LogP contribution in [-0.2, 0) is 11.2 Å². The number of non-ortho nitro benzene ring substituents is 1. The number of nitro benzene ring substituents is 1. The van der Waals surface area contributed by atoms with Gasteiger partial charge in [-0.25, -0.2) is 0 Å². The molecule has 0 spiro atoms. The Morgan fingerprint density at radius 2 is 2.14 bits per heavy atom. The average Bonchev–Trinajstić information content (AvgIpc) is 2.78. The fraction of sp³-hybridized carbons (Fsp3) is 0.0667. The molecular formula is C15H10N4O3. The summed E-state index contributed by atoms with van der Waals surface area (Å²) in [5, 5.41) is 14.4. The summed E-state index contributed by atoms with van der Waals surface area (Å²) >= 11 is 0. The van der Waals surface area contributed by atoms with E-state index in [0.717, 1.165) is 16.8 Å². The first-order valence-electron chi connectivity index (χ1n) is 6.68. The Morgan fingerprint density at radius 3 is 2.95 bits per heavy atom. The lowest BCUT2D eigenvalue weighted by Crippen LogP contribution is -2.12. The molecule has 2 aromatic heterocycles. The third kappa shape index (κ3) is 1.76. The summed E-state index contributed by atoms with van der Waals surface area (Å²) in [5.41, 5.74) is 3.48. The highest BCUT2D eigenvalue weighted by Crippen LogP contribution is 2.36. The van der Waals surface area contributed by atoms with Gasteiger partial charge in [0.2, 0.25) is 5.91 Å². The fourth-order valence-electron chi connectivity index (χ4n) is 2.80. The van der Waals surface area contributed by atoms with Crippen LogP contribution in [-0.4, -0.2) is 20.8 Å². The molecule has 7 heteroatoms. The highest BCUT2D eigenvalue weighted by atomic mass is 16.6.